The normalized spacial score (nSPS) is 10.1. The number of halogens is 2. The van der Waals surface area contributed by atoms with Crippen molar-refractivity contribution in [3.8, 4) is 0 Å². The quantitative estimate of drug-likeness (QED) is 0.857. The van der Waals surface area contributed by atoms with E-state index in [0.29, 0.717) is 0 Å². The van der Waals surface area contributed by atoms with Gasteiger partial charge >= 0.3 is 0 Å². The van der Waals surface area contributed by atoms with Gasteiger partial charge in [-0.25, -0.2) is 13.8 Å². The lowest BCUT2D eigenvalue weighted by Gasteiger charge is -2.07. The number of amides is 1. The van der Waals surface area contributed by atoms with E-state index in [1.807, 2.05) is 0 Å². The molecule has 1 aromatic heterocycles. The molecular formula is C12H9F2N3O. The van der Waals surface area contributed by atoms with Crippen LogP contribution in [0.25, 0.3) is 0 Å². The standard InChI is InChI=1S/C12H9F2N3O/c13-8-2-1-3-9(14)11(8)17-12(18)7-4-5-16-10(15)6-7/h1-6H,(H2,15,16)(H,17,18). The predicted molar refractivity (Wildman–Crippen MR) is 63.0 cm³/mol. The fourth-order valence-electron chi connectivity index (χ4n) is 1.39. The molecule has 0 bridgehead atoms. The largest absolute Gasteiger partial charge is 0.384 e. The van der Waals surface area contributed by atoms with Crippen LogP contribution in [0.4, 0.5) is 20.3 Å². The van der Waals surface area contributed by atoms with E-state index in [1.165, 1.54) is 24.4 Å². The minimum atomic E-state index is -0.842. The second-order valence-electron chi connectivity index (χ2n) is 3.52. The molecule has 0 aliphatic heterocycles. The fourth-order valence-corrected chi connectivity index (χ4v) is 1.39. The maximum Gasteiger partial charge on any atom is 0.256 e. The van der Waals surface area contributed by atoms with Gasteiger partial charge in [-0.1, -0.05) is 6.07 Å². The van der Waals surface area contributed by atoms with Crippen molar-refractivity contribution in [2.45, 2.75) is 0 Å². The number of pyridine rings is 1. The monoisotopic (exact) mass is 249 g/mol. The second-order valence-corrected chi connectivity index (χ2v) is 3.52. The van der Waals surface area contributed by atoms with Gasteiger partial charge in [-0.05, 0) is 24.3 Å². The van der Waals surface area contributed by atoms with Gasteiger partial charge in [-0.3, -0.25) is 4.79 Å². The molecule has 0 saturated carbocycles. The zero-order valence-corrected chi connectivity index (χ0v) is 9.15. The Balaban J connectivity index is 2.27. The number of para-hydroxylation sites is 1. The molecular weight excluding hydrogens is 240 g/mol. The van der Waals surface area contributed by atoms with Crippen LogP contribution in [0.2, 0.25) is 0 Å². The molecule has 1 amide bonds. The van der Waals surface area contributed by atoms with Gasteiger partial charge in [0.25, 0.3) is 5.91 Å². The summed E-state index contributed by atoms with van der Waals surface area (Å²) < 4.78 is 26.6. The zero-order valence-electron chi connectivity index (χ0n) is 9.15. The number of hydrogen-bond acceptors (Lipinski definition) is 3. The molecule has 6 heteroatoms. The number of nitrogen functional groups attached to an aromatic ring is 1. The van der Waals surface area contributed by atoms with E-state index in [2.05, 4.69) is 10.3 Å². The van der Waals surface area contributed by atoms with Gasteiger partial charge in [0.05, 0.1) is 0 Å². The third-order valence-corrected chi connectivity index (χ3v) is 2.24. The molecule has 3 N–H and O–H groups in total. The summed E-state index contributed by atoms with van der Waals surface area (Å²) in [5, 5.41) is 2.15. The number of rotatable bonds is 2. The number of benzene rings is 1. The first-order valence-corrected chi connectivity index (χ1v) is 5.05. The lowest BCUT2D eigenvalue weighted by molar-refractivity contribution is 0.102. The van der Waals surface area contributed by atoms with Crippen LogP contribution in [-0.4, -0.2) is 10.9 Å². The summed E-state index contributed by atoms with van der Waals surface area (Å²) in [6.45, 7) is 0. The maximum atomic E-state index is 13.3. The molecule has 0 aliphatic rings. The van der Waals surface area contributed by atoms with Crippen LogP contribution in [0.15, 0.2) is 36.5 Å². The number of aromatic nitrogens is 1. The highest BCUT2D eigenvalue weighted by molar-refractivity contribution is 6.04. The van der Waals surface area contributed by atoms with E-state index in [1.54, 1.807) is 0 Å². The lowest BCUT2D eigenvalue weighted by atomic mass is 10.2. The molecule has 4 nitrogen and oxygen atoms in total. The van der Waals surface area contributed by atoms with E-state index in [0.717, 1.165) is 12.1 Å². The Morgan fingerprint density at radius 3 is 2.50 bits per heavy atom. The number of carbonyl (C=O) groups excluding carboxylic acids is 1. The van der Waals surface area contributed by atoms with E-state index in [9.17, 15) is 13.6 Å². The second kappa shape index (κ2) is 4.79. The Hall–Kier alpha value is -2.50. The smallest absolute Gasteiger partial charge is 0.256 e. The van der Waals surface area contributed by atoms with Crippen LogP contribution in [-0.2, 0) is 0 Å². The van der Waals surface area contributed by atoms with Crippen molar-refractivity contribution in [1.29, 1.82) is 0 Å². The minimum absolute atomic E-state index is 0.150. The Kier molecular flexibility index (Phi) is 3.18. The number of carbonyl (C=O) groups is 1. The van der Waals surface area contributed by atoms with E-state index in [4.69, 9.17) is 5.73 Å². The molecule has 2 aromatic rings. The SMILES string of the molecule is Nc1cc(C(=O)Nc2c(F)cccc2F)ccn1. The molecule has 0 aliphatic carbocycles. The van der Waals surface area contributed by atoms with Gasteiger partial charge in [-0.2, -0.15) is 0 Å². The molecule has 0 spiro atoms. The number of hydrogen-bond donors (Lipinski definition) is 2. The molecule has 1 aromatic carbocycles. The Morgan fingerprint density at radius 2 is 1.89 bits per heavy atom. The average molecular weight is 249 g/mol. The number of anilines is 2. The van der Waals surface area contributed by atoms with Gasteiger partial charge in [0.2, 0.25) is 0 Å². The highest BCUT2D eigenvalue weighted by atomic mass is 19.1. The first-order chi connectivity index (χ1) is 8.58. The van der Waals surface area contributed by atoms with Crippen LogP contribution in [0.1, 0.15) is 10.4 Å². The zero-order chi connectivity index (χ0) is 13.1. The van der Waals surface area contributed by atoms with Crippen molar-refractivity contribution in [3.63, 3.8) is 0 Å². The van der Waals surface area contributed by atoms with E-state index >= 15 is 0 Å². The third-order valence-electron chi connectivity index (χ3n) is 2.24. The summed E-state index contributed by atoms with van der Waals surface area (Å²) in [4.78, 5) is 15.5. The summed E-state index contributed by atoms with van der Waals surface area (Å²) in [5.41, 5.74) is 5.09. The molecule has 0 fully saturated rings. The summed E-state index contributed by atoms with van der Waals surface area (Å²) >= 11 is 0. The van der Waals surface area contributed by atoms with Crippen molar-refractivity contribution < 1.29 is 13.6 Å². The van der Waals surface area contributed by atoms with Crippen LogP contribution in [0.3, 0.4) is 0 Å². The molecule has 0 atom stereocenters. The predicted octanol–water partition coefficient (Wildman–Crippen LogP) is 2.19. The number of nitrogens with two attached hydrogens (primary N) is 1. The molecule has 0 unspecified atom stereocenters. The lowest BCUT2D eigenvalue weighted by Crippen LogP contribution is -2.14. The van der Waals surface area contributed by atoms with Crippen molar-refractivity contribution >= 4 is 17.4 Å². The van der Waals surface area contributed by atoms with E-state index < -0.39 is 23.2 Å². The van der Waals surface area contributed by atoms with Gasteiger partial charge in [0.1, 0.15) is 23.1 Å². The number of nitrogens with zero attached hydrogens (tertiary/aromatic N) is 1. The number of nitrogens with one attached hydrogen (secondary N) is 1. The highest BCUT2D eigenvalue weighted by Crippen LogP contribution is 2.19. The molecule has 0 radical (unpaired) electrons. The van der Waals surface area contributed by atoms with Crippen molar-refractivity contribution in [3.05, 3.63) is 53.7 Å². The maximum absolute atomic E-state index is 13.3. The van der Waals surface area contributed by atoms with Crippen LogP contribution in [0.5, 0.6) is 0 Å². The first kappa shape index (κ1) is 12.0. The van der Waals surface area contributed by atoms with Crippen LogP contribution < -0.4 is 11.1 Å². The van der Waals surface area contributed by atoms with Gasteiger partial charge < -0.3 is 11.1 Å². The molecule has 1 heterocycles. The first-order valence-electron chi connectivity index (χ1n) is 5.05. The fraction of sp³-hybridized carbons (Fsp3) is 0. The van der Waals surface area contributed by atoms with Crippen LogP contribution in [0, 0.1) is 11.6 Å². The summed E-state index contributed by atoms with van der Waals surface area (Å²) in [5.74, 6) is -2.19. The van der Waals surface area contributed by atoms with Gasteiger partial charge in [0, 0.05) is 11.8 Å². The van der Waals surface area contributed by atoms with Crippen molar-refractivity contribution in [2.24, 2.45) is 0 Å². The molecule has 18 heavy (non-hydrogen) atoms. The summed E-state index contributed by atoms with van der Waals surface area (Å²) in [7, 11) is 0. The minimum Gasteiger partial charge on any atom is -0.384 e. The van der Waals surface area contributed by atoms with Gasteiger partial charge in [-0.15, -0.1) is 0 Å². The van der Waals surface area contributed by atoms with E-state index in [-0.39, 0.29) is 11.4 Å². The van der Waals surface area contributed by atoms with Crippen LogP contribution >= 0.6 is 0 Å². The average Bonchev–Trinajstić information content (AvgIpc) is 2.34. The Labute approximate surface area is 101 Å². The topological polar surface area (TPSA) is 68.0 Å². The molecule has 0 saturated heterocycles. The molecule has 92 valence electrons. The summed E-state index contributed by atoms with van der Waals surface area (Å²) in [6.07, 6.45) is 1.34. The Morgan fingerprint density at radius 1 is 1.22 bits per heavy atom. The Bertz CT molecular complexity index is 581. The highest BCUT2D eigenvalue weighted by Gasteiger charge is 2.13. The third kappa shape index (κ3) is 2.42. The summed E-state index contributed by atoms with van der Waals surface area (Å²) in [6, 6.07) is 6.03. The van der Waals surface area contributed by atoms with Crippen molar-refractivity contribution in [2.75, 3.05) is 11.1 Å². The van der Waals surface area contributed by atoms with Gasteiger partial charge in [0.15, 0.2) is 0 Å². The molecule has 2 rings (SSSR count). The van der Waals surface area contributed by atoms with Crippen molar-refractivity contribution in [1.82, 2.24) is 4.98 Å².